The number of aromatic nitrogens is 2. The van der Waals surface area contributed by atoms with E-state index < -0.39 is 0 Å². The van der Waals surface area contributed by atoms with Gasteiger partial charge in [0.2, 0.25) is 5.13 Å². The second-order valence-corrected chi connectivity index (χ2v) is 9.18. The molecule has 1 aliphatic rings. The first-order valence-electron chi connectivity index (χ1n) is 8.39. The molecule has 0 unspecified atom stereocenters. The summed E-state index contributed by atoms with van der Waals surface area (Å²) >= 11 is 4.73. The third-order valence-corrected chi connectivity index (χ3v) is 7.03. The van der Waals surface area contributed by atoms with Gasteiger partial charge < -0.3 is 0 Å². The molecule has 1 N–H and O–H groups in total. The Bertz CT molecular complexity index is 950. The summed E-state index contributed by atoms with van der Waals surface area (Å²) in [7, 11) is 0. The average molecular weight is 416 g/mol. The number of hydrogen-bond donors (Lipinski definition) is 1. The van der Waals surface area contributed by atoms with Crippen molar-refractivity contribution in [2.75, 3.05) is 16.9 Å². The second kappa shape index (κ2) is 8.20. The molecule has 4 rings (SSSR count). The molecule has 138 valence electrons. The van der Waals surface area contributed by atoms with Gasteiger partial charge >= 0.3 is 0 Å². The van der Waals surface area contributed by atoms with E-state index >= 15 is 0 Å². The number of rotatable bonds is 6. The van der Waals surface area contributed by atoms with Crippen LogP contribution in [0.25, 0.3) is 0 Å². The number of carbonyl (C=O) groups is 1. The zero-order valence-corrected chi connectivity index (χ0v) is 17.0. The summed E-state index contributed by atoms with van der Waals surface area (Å²) in [5, 5.41) is 20.0. The van der Waals surface area contributed by atoms with Crippen LogP contribution in [-0.2, 0) is 5.75 Å². The quantitative estimate of drug-likeness (QED) is 0.465. The maximum Gasteiger partial charge on any atom is 0.257 e. The number of amides is 1. The van der Waals surface area contributed by atoms with E-state index in [2.05, 4.69) is 32.1 Å². The summed E-state index contributed by atoms with van der Waals surface area (Å²) in [6, 6.07) is 11.6. The van der Waals surface area contributed by atoms with Crippen LogP contribution in [0.5, 0.6) is 0 Å². The number of hydrazone groups is 1. The second-order valence-electron chi connectivity index (χ2n) is 5.95. The maximum absolute atomic E-state index is 12.4. The minimum absolute atomic E-state index is 0.186. The van der Waals surface area contributed by atoms with Crippen molar-refractivity contribution in [1.82, 2.24) is 10.2 Å². The molecule has 0 saturated carbocycles. The highest BCUT2D eigenvalue weighted by molar-refractivity contribution is 8.00. The van der Waals surface area contributed by atoms with Crippen molar-refractivity contribution in [3.63, 3.8) is 0 Å². The van der Waals surface area contributed by atoms with Gasteiger partial charge in [0.15, 0.2) is 4.34 Å². The van der Waals surface area contributed by atoms with Gasteiger partial charge in [0.25, 0.3) is 5.91 Å². The van der Waals surface area contributed by atoms with Crippen molar-refractivity contribution in [3.05, 3.63) is 52.2 Å². The topological polar surface area (TPSA) is 70.5 Å². The summed E-state index contributed by atoms with van der Waals surface area (Å²) in [4.78, 5) is 13.7. The summed E-state index contributed by atoms with van der Waals surface area (Å²) in [6.45, 7) is 2.91. The number of nitrogens with one attached hydrogen (secondary N) is 1. The Morgan fingerprint density at radius 3 is 2.81 bits per heavy atom. The molecule has 3 aromatic rings. The molecular weight excluding hydrogens is 398 g/mol. The lowest BCUT2D eigenvalue weighted by atomic mass is 10.2. The number of thioether (sulfide) groups is 1. The molecule has 0 atom stereocenters. The predicted octanol–water partition coefficient (Wildman–Crippen LogP) is 4.73. The van der Waals surface area contributed by atoms with Crippen LogP contribution in [0.1, 0.15) is 28.6 Å². The Kier molecular flexibility index (Phi) is 5.51. The number of hydrogen-bond acceptors (Lipinski definition) is 8. The van der Waals surface area contributed by atoms with Crippen molar-refractivity contribution < 1.29 is 4.79 Å². The molecule has 9 heteroatoms. The summed E-state index contributed by atoms with van der Waals surface area (Å²) in [5.41, 5.74) is 2.70. The zero-order valence-electron chi connectivity index (χ0n) is 14.6. The molecule has 6 nitrogen and oxygen atoms in total. The van der Waals surface area contributed by atoms with E-state index in [4.69, 9.17) is 0 Å². The van der Waals surface area contributed by atoms with Crippen LogP contribution in [0.2, 0.25) is 0 Å². The van der Waals surface area contributed by atoms with Gasteiger partial charge in [-0.3, -0.25) is 15.1 Å². The first-order valence-corrected chi connectivity index (χ1v) is 11.1. The van der Waals surface area contributed by atoms with E-state index in [-0.39, 0.29) is 5.91 Å². The van der Waals surface area contributed by atoms with Gasteiger partial charge in [-0.15, -0.1) is 21.5 Å². The van der Waals surface area contributed by atoms with Gasteiger partial charge in [-0.1, -0.05) is 29.2 Å². The number of carbonyl (C=O) groups excluding carboxylic acids is 1. The minimum atomic E-state index is -0.186. The average Bonchev–Trinajstić information content (AvgIpc) is 3.42. The van der Waals surface area contributed by atoms with Crippen molar-refractivity contribution in [2.24, 2.45) is 5.10 Å². The Morgan fingerprint density at radius 1 is 1.26 bits per heavy atom. The van der Waals surface area contributed by atoms with E-state index in [1.165, 1.54) is 16.2 Å². The molecule has 0 spiro atoms. The van der Waals surface area contributed by atoms with Gasteiger partial charge in [0, 0.05) is 34.9 Å². The van der Waals surface area contributed by atoms with Crippen molar-refractivity contribution >= 4 is 56.9 Å². The van der Waals surface area contributed by atoms with Gasteiger partial charge in [0.1, 0.15) is 0 Å². The predicted molar refractivity (Wildman–Crippen MR) is 113 cm³/mol. The van der Waals surface area contributed by atoms with Crippen LogP contribution >= 0.6 is 34.4 Å². The molecule has 0 saturated heterocycles. The fraction of sp³-hybridized carbons (Fsp3) is 0.222. The smallest absolute Gasteiger partial charge is 0.257 e. The van der Waals surface area contributed by atoms with E-state index in [1.807, 2.05) is 30.1 Å². The van der Waals surface area contributed by atoms with Crippen LogP contribution in [0.15, 0.2) is 51.2 Å². The maximum atomic E-state index is 12.4. The Labute approximate surface area is 169 Å². The van der Waals surface area contributed by atoms with Crippen LogP contribution in [-0.4, -0.2) is 28.4 Å². The summed E-state index contributed by atoms with van der Waals surface area (Å²) < 4.78 is 0.844. The van der Waals surface area contributed by atoms with Crippen LogP contribution in [0.4, 0.5) is 10.8 Å². The van der Waals surface area contributed by atoms with Crippen molar-refractivity contribution in [1.29, 1.82) is 0 Å². The lowest BCUT2D eigenvalue weighted by Crippen LogP contribution is -2.14. The van der Waals surface area contributed by atoms with Gasteiger partial charge in [0.05, 0.1) is 5.69 Å². The summed E-state index contributed by atoms with van der Waals surface area (Å²) in [5.74, 6) is 0.675. The van der Waals surface area contributed by atoms with Crippen LogP contribution in [0.3, 0.4) is 0 Å². The highest BCUT2D eigenvalue weighted by Gasteiger charge is 2.14. The normalized spacial score (nSPS) is 13.7. The van der Waals surface area contributed by atoms with Gasteiger partial charge in [-0.2, -0.15) is 5.10 Å². The lowest BCUT2D eigenvalue weighted by molar-refractivity contribution is 0.102. The van der Waals surface area contributed by atoms with E-state index in [0.717, 1.165) is 34.5 Å². The van der Waals surface area contributed by atoms with Crippen molar-refractivity contribution in [2.45, 2.75) is 23.4 Å². The number of benzene rings is 1. The fourth-order valence-electron chi connectivity index (χ4n) is 2.56. The number of nitrogens with zero attached hydrogens (tertiary/aromatic N) is 4. The Balaban J connectivity index is 1.35. The Hall–Kier alpha value is -2.23. The van der Waals surface area contributed by atoms with E-state index in [0.29, 0.717) is 10.7 Å². The number of anilines is 2. The molecule has 0 radical (unpaired) electrons. The first kappa shape index (κ1) is 18.1. The molecule has 0 aliphatic carbocycles. The minimum Gasteiger partial charge on any atom is -0.296 e. The molecule has 3 heterocycles. The molecule has 1 aliphatic heterocycles. The van der Waals surface area contributed by atoms with E-state index in [1.54, 1.807) is 35.2 Å². The van der Waals surface area contributed by atoms with Crippen LogP contribution < -0.4 is 10.3 Å². The third kappa shape index (κ3) is 4.55. The molecule has 1 amide bonds. The molecule has 0 bridgehead atoms. The summed E-state index contributed by atoms with van der Waals surface area (Å²) in [6.07, 6.45) is 0.978. The highest BCUT2D eigenvalue weighted by Crippen LogP contribution is 2.29. The first-order chi connectivity index (χ1) is 13.2. The van der Waals surface area contributed by atoms with Gasteiger partial charge in [-0.05, 0) is 42.6 Å². The third-order valence-electron chi connectivity index (χ3n) is 3.95. The highest BCUT2D eigenvalue weighted by atomic mass is 32.2. The molecule has 1 aromatic carbocycles. The fourth-order valence-corrected chi connectivity index (χ4v) is 5.08. The zero-order chi connectivity index (χ0) is 18.6. The van der Waals surface area contributed by atoms with Crippen LogP contribution in [0, 0.1) is 0 Å². The lowest BCUT2D eigenvalue weighted by Gasteiger charge is -2.13. The molecular formula is C18H17N5OS3. The van der Waals surface area contributed by atoms with E-state index in [9.17, 15) is 4.79 Å². The Morgan fingerprint density at radius 2 is 2.11 bits per heavy atom. The SMILES string of the molecule is CC1=NN(c2ccc(C(=O)Nc3nnc(SCc4cccs4)s3)cc2)CC1. The van der Waals surface area contributed by atoms with Gasteiger partial charge in [-0.25, -0.2) is 0 Å². The number of thiophene rings is 1. The largest absolute Gasteiger partial charge is 0.296 e. The molecule has 0 fully saturated rings. The van der Waals surface area contributed by atoms with Crippen molar-refractivity contribution in [3.8, 4) is 0 Å². The standard InChI is InChI=1S/C18H17N5OS3/c1-12-8-9-23(22-12)14-6-4-13(5-7-14)16(24)19-17-20-21-18(27-17)26-11-15-3-2-10-25-15/h2-7,10H,8-9,11H2,1H3,(H,19,20,24). The molecule has 2 aromatic heterocycles. The monoisotopic (exact) mass is 415 g/mol. The molecule has 27 heavy (non-hydrogen) atoms.